The number of hydrogen-bond donors (Lipinski definition) is 0. The first-order chi connectivity index (χ1) is 8.29. The number of rotatable bonds is 3. The number of pyridine rings is 1. The van der Waals surface area contributed by atoms with Crippen molar-refractivity contribution in [3.05, 3.63) is 58.9 Å². The van der Waals surface area contributed by atoms with Gasteiger partial charge in [-0.05, 0) is 18.2 Å². The number of ether oxygens (including phenoxy) is 1. The van der Waals surface area contributed by atoms with Crippen LogP contribution in [0.4, 0.5) is 0 Å². The molecule has 0 amide bonds. The highest BCUT2D eigenvalue weighted by Gasteiger charge is 2.01. The van der Waals surface area contributed by atoms with Gasteiger partial charge in [0.2, 0.25) is 0 Å². The number of aromatic nitrogens is 1. The summed E-state index contributed by atoms with van der Waals surface area (Å²) < 4.78 is 5.52. The monoisotopic (exact) mass is 244 g/mol. The van der Waals surface area contributed by atoms with Crippen molar-refractivity contribution in [2.75, 3.05) is 0 Å². The topological polar surface area (TPSA) is 45.9 Å². The van der Waals surface area contributed by atoms with E-state index >= 15 is 0 Å². The van der Waals surface area contributed by atoms with Gasteiger partial charge in [-0.25, -0.2) is 4.98 Å². The first kappa shape index (κ1) is 11.4. The Morgan fingerprint density at radius 3 is 2.76 bits per heavy atom. The van der Waals surface area contributed by atoms with Crippen LogP contribution in [0, 0.1) is 11.3 Å². The molecule has 0 radical (unpaired) electrons. The second-order valence-electron chi connectivity index (χ2n) is 3.37. The lowest BCUT2D eigenvalue weighted by Crippen LogP contribution is -1.98. The maximum atomic E-state index is 8.92. The fraction of sp³-hybridized carbons (Fsp3) is 0.0769. The van der Waals surface area contributed by atoms with Crippen molar-refractivity contribution >= 4 is 11.6 Å². The molecule has 2 aromatic rings. The first-order valence-electron chi connectivity index (χ1n) is 5.02. The van der Waals surface area contributed by atoms with Gasteiger partial charge >= 0.3 is 0 Å². The molecule has 0 fully saturated rings. The lowest BCUT2D eigenvalue weighted by atomic mass is 10.1. The summed E-state index contributed by atoms with van der Waals surface area (Å²) in [6.45, 7) is 0.340. The third kappa shape index (κ3) is 2.96. The van der Waals surface area contributed by atoms with E-state index in [1.165, 1.54) is 0 Å². The Morgan fingerprint density at radius 1 is 1.24 bits per heavy atom. The third-order valence-corrected chi connectivity index (χ3v) is 2.46. The van der Waals surface area contributed by atoms with E-state index in [1.54, 1.807) is 24.4 Å². The Bertz CT molecular complexity index is 546. The average Bonchev–Trinajstić information content (AvgIpc) is 2.38. The summed E-state index contributed by atoms with van der Waals surface area (Å²) in [7, 11) is 0. The van der Waals surface area contributed by atoms with Crippen molar-refractivity contribution in [2.45, 2.75) is 6.61 Å². The Morgan fingerprint density at radius 2 is 2.06 bits per heavy atom. The SMILES string of the molecule is N#Cc1ccccc1COc1ccc(Cl)nc1. The Hall–Kier alpha value is -2.05. The first-order valence-corrected chi connectivity index (χ1v) is 5.40. The molecule has 0 aliphatic rings. The molecule has 0 unspecified atom stereocenters. The van der Waals surface area contributed by atoms with Gasteiger partial charge in [-0.15, -0.1) is 0 Å². The van der Waals surface area contributed by atoms with Crippen LogP contribution in [-0.4, -0.2) is 4.98 Å². The zero-order valence-electron chi connectivity index (χ0n) is 8.93. The lowest BCUT2D eigenvalue weighted by Gasteiger charge is -2.06. The molecule has 4 heteroatoms. The molecule has 0 atom stereocenters. The van der Waals surface area contributed by atoms with Gasteiger partial charge in [-0.1, -0.05) is 29.8 Å². The number of nitriles is 1. The molecule has 1 aromatic heterocycles. The Balaban J connectivity index is 2.08. The van der Waals surface area contributed by atoms with Crippen LogP contribution >= 0.6 is 11.6 Å². The molecule has 1 aromatic carbocycles. The van der Waals surface area contributed by atoms with Gasteiger partial charge in [0.05, 0.1) is 17.8 Å². The smallest absolute Gasteiger partial charge is 0.138 e. The standard InChI is InChI=1S/C13H9ClN2O/c14-13-6-5-12(8-16-13)17-9-11-4-2-1-3-10(11)7-15/h1-6,8H,9H2. The van der Waals surface area contributed by atoms with E-state index in [0.717, 1.165) is 5.56 Å². The van der Waals surface area contributed by atoms with Crippen LogP contribution in [0.5, 0.6) is 5.75 Å². The number of nitrogens with zero attached hydrogens (tertiary/aromatic N) is 2. The summed E-state index contributed by atoms with van der Waals surface area (Å²) >= 11 is 5.67. The van der Waals surface area contributed by atoms with Gasteiger partial charge < -0.3 is 4.74 Å². The molecule has 2 rings (SSSR count). The average molecular weight is 245 g/mol. The van der Waals surface area contributed by atoms with E-state index in [0.29, 0.717) is 23.1 Å². The fourth-order valence-corrected chi connectivity index (χ4v) is 1.48. The molecular formula is C13H9ClN2O. The maximum absolute atomic E-state index is 8.92. The molecule has 0 N–H and O–H groups in total. The fourth-order valence-electron chi connectivity index (χ4n) is 1.36. The van der Waals surface area contributed by atoms with Gasteiger partial charge in [0.1, 0.15) is 17.5 Å². The third-order valence-electron chi connectivity index (χ3n) is 2.23. The quantitative estimate of drug-likeness (QED) is 0.779. The zero-order valence-corrected chi connectivity index (χ0v) is 9.69. The molecule has 84 valence electrons. The van der Waals surface area contributed by atoms with Gasteiger partial charge in [0.15, 0.2) is 0 Å². The van der Waals surface area contributed by atoms with Gasteiger partial charge in [0, 0.05) is 5.56 Å². The van der Waals surface area contributed by atoms with E-state index in [1.807, 2.05) is 18.2 Å². The van der Waals surface area contributed by atoms with Crippen LogP contribution in [0.15, 0.2) is 42.6 Å². The van der Waals surface area contributed by atoms with Crippen LogP contribution in [0.25, 0.3) is 0 Å². The Kier molecular flexibility index (Phi) is 3.59. The minimum atomic E-state index is 0.340. The van der Waals surface area contributed by atoms with E-state index in [9.17, 15) is 0 Å². The number of hydrogen-bond acceptors (Lipinski definition) is 3. The van der Waals surface area contributed by atoms with Crippen molar-refractivity contribution in [2.24, 2.45) is 0 Å². The maximum Gasteiger partial charge on any atom is 0.138 e. The largest absolute Gasteiger partial charge is 0.487 e. The second kappa shape index (κ2) is 5.33. The summed E-state index contributed by atoms with van der Waals surface area (Å²) in [5, 5.41) is 9.34. The van der Waals surface area contributed by atoms with Crippen LogP contribution in [0.2, 0.25) is 5.15 Å². The molecule has 1 heterocycles. The predicted octanol–water partition coefficient (Wildman–Crippen LogP) is 3.19. The molecule has 0 bridgehead atoms. The molecule has 0 aliphatic carbocycles. The van der Waals surface area contributed by atoms with Crippen molar-refractivity contribution in [3.8, 4) is 11.8 Å². The van der Waals surface area contributed by atoms with Gasteiger partial charge in [-0.3, -0.25) is 0 Å². The van der Waals surface area contributed by atoms with Crippen molar-refractivity contribution in [3.63, 3.8) is 0 Å². The van der Waals surface area contributed by atoms with Crippen molar-refractivity contribution in [1.82, 2.24) is 4.98 Å². The number of benzene rings is 1. The lowest BCUT2D eigenvalue weighted by molar-refractivity contribution is 0.304. The number of halogens is 1. The van der Waals surface area contributed by atoms with Crippen LogP contribution in [-0.2, 0) is 6.61 Å². The molecule has 0 saturated carbocycles. The highest BCUT2D eigenvalue weighted by atomic mass is 35.5. The predicted molar refractivity (Wildman–Crippen MR) is 64.7 cm³/mol. The molecule has 0 spiro atoms. The second-order valence-corrected chi connectivity index (χ2v) is 3.76. The van der Waals surface area contributed by atoms with Crippen LogP contribution in [0.3, 0.4) is 0 Å². The van der Waals surface area contributed by atoms with E-state index < -0.39 is 0 Å². The minimum absolute atomic E-state index is 0.340. The van der Waals surface area contributed by atoms with E-state index in [-0.39, 0.29) is 0 Å². The summed E-state index contributed by atoms with van der Waals surface area (Å²) in [4.78, 5) is 3.91. The molecule has 3 nitrogen and oxygen atoms in total. The summed E-state index contributed by atoms with van der Waals surface area (Å²) in [5.74, 6) is 0.627. The molecule has 0 aliphatic heterocycles. The van der Waals surface area contributed by atoms with E-state index in [4.69, 9.17) is 21.6 Å². The molecular weight excluding hydrogens is 236 g/mol. The van der Waals surface area contributed by atoms with E-state index in [2.05, 4.69) is 11.1 Å². The summed E-state index contributed by atoms with van der Waals surface area (Å²) in [5.41, 5.74) is 1.47. The van der Waals surface area contributed by atoms with Crippen molar-refractivity contribution < 1.29 is 4.74 Å². The van der Waals surface area contributed by atoms with Gasteiger partial charge in [-0.2, -0.15) is 5.26 Å². The molecule has 0 saturated heterocycles. The minimum Gasteiger partial charge on any atom is -0.487 e. The highest BCUT2D eigenvalue weighted by molar-refractivity contribution is 6.29. The normalized spacial score (nSPS) is 9.65. The van der Waals surface area contributed by atoms with Crippen LogP contribution in [0.1, 0.15) is 11.1 Å². The molecule has 17 heavy (non-hydrogen) atoms. The Labute approximate surface area is 104 Å². The van der Waals surface area contributed by atoms with Gasteiger partial charge in [0.25, 0.3) is 0 Å². The summed E-state index contributed by atoms with van der Waals surface area (Å²) in [6, 6.07) is 12.9. The highest BCUT2D eigenvalue weighted by Crippen LogP contribution is 2.15. The van der Waals surface area contributed by atoms with Crippen LogP contribution < -0.4 is 4.74 Å². The van der Waals surface area contributed by atoms with Crippen molar-refractivity contribution in [1.29, 1.82) is 5.26 Å². The summed E-state index contributed by atoms with van der Waals surface area (Å²) in [6.07, 6.45) is 1.55. The zero-order chi connectivity index (χ0) is 12.1.